The molecule has 0 aromatic heterocycles. The van der Waals surface area contributed by atoms with Gasteiger partial charge in [0, 0.05) is 18.2 Å². The molecular weight excluding hydrogens is 254 g/mol. The predicted molar refractivity (Wildman–Crippen MR) is 92.9 cm³/mol. The van der Waals surface area contributed by atoms with E-state index in [0.29, 0.717) is 5.92 Å². The van der Waals surface area contributed by atoms with Crippen LogP contribution in [-0.4, -0.2) is 6.54 Å². The summed E-state index contributed by atoms with van der Waals surface area (Å²) in [7, 11) is 0. The topological polar surface area (TPSA) is 12.0 Å². The lowest BCUT2D eigenvalue weighted by atomic mass is 9.94. The van der Waals surface area contributed by atoms with Crippen molar-refractivity contribution in [2.24, 2.45) is 11.8 Å². The van der Waals surface area contributed by atoms with Crippen LogP contribution < -0.4 is 5.32 Å². The van der Waals surface area contributed by atoms with Crippen LogP contribution in [0.2, 0.25) is 0 Å². The lowest BCUT2D eigenvalue weighted by Crippen LogP contribution is -2.08. The molecule has 0 amide bonds. The van der Waals surface area contributed by atoms with Gasteiger partial charge in [-0.3, -0.25) is 0 Å². The fourth-order valence-corrected chi connectivity index (χ4v) is 2.77. The van der Waals surface area contributed by atoms with Gasteiger partial charge >= 0.3 is 0 Å². The first-order valence-corrected chi connectivity index (χ1v) is 7.81. The minimum Gasteiger partial charge on any atom is -0.388 e. The van der Waals surface area contributed by atoms with E-state index in [9.17, 15) is 0 Å². The smallest absolute Gasteiger partial charge is 0.0216 e. The molecule has 0 spiro atoms. The van der Waals surface area contributed by atoms with Crippen LogP contribution in [0.25, 0.3) is 0 Å². The first-order chi connectivity index (χ1) is 10.0. The summed E-state index contributed by atoms with van der Waals surface area (Å²) in [6.07, 6.45) is 12.2. The largest absolute Gasteiger partial charge is 0.388 e. The average Bonchev–Trinajstić information content (AvgIpc) is 3.20. The van der Waals surface area contributed by atoms with Crippen molar-refractivity contribution in [2.45, 2.75) is 33.1 Å². The standard InChI is InChI=1S/C20H27N/c1-6-7-19(11-16(4)18-8-9-18)14(2)10-15(3)20-12-17(5)21-13-20/h6-7,10-11,18,20-21H,1,3,5,8-9,12-13H2,2,4H3/b14-10+,16-11+,19-7+. The maximum absolute atomic E-state index is 4.25. The van der Waals surface area contributed by atoms with Crippen molar-refractivity contribution >= 4 is 0 Å². The van der Waals surface area contributed by atoms with Crippen molar-refractivity contribution < 1.29 is 0 Å². The molecule has 1 saturated heterocycles. The lowest BCUT2D eigenvalue weighted by Gasteiger charge is -2.11. The zero-order chi connectivity index (χ0) is 15.4. The van der Waals surface area contributed by atoms with Gasteiger partial charge < -0.3 is 5.32 Å². The number of nitrogens with one attached hydrogen (secondary N) is 1. The summed E-state index contributed by atoms with van der Waals surface area (Å²) in [6.45, 7) is 17.4. The number of allylic oxidation sites excluding steroid dienone is 8. The van der Waals surface area contributed by atoms with Crippen LogP contribution in [0.5, 0.6) is 0 Å². The first-order valence-electron chi connectivity index (χ1n) is 7.81. The quantitative estimate of drug-likeness (QED) is 0.669. The van der Waals surface area contributed by atoms with Crippen LogP contribution in [0.4, 0.5) is 0 Å². The molecule has 2 fully saturated rings. The molecule has 1 nitrogen and oxygen atoms in total. The Balaban J connectivity index is 2.12. The second-order valence-electron chi connectivity index (χ2n) is 6.31. The van der Waals surface area contributed by atoms with Crippen LogP contribution in [0.1, 0.15) is 33.1 Å². The van der Waals surface area contributed by atoms with Gasteiger partial charge in [-0.15, -0.1) is 0 Å². The van der Waals surface area contributed by atoms with Gasteiger partial charge in [-0.1, -0.05) is 49.6 Å². The Morgan fingerprint density at radius 3 is 2.43 bits per heavy atom. The van der Waals surface area contributed by atoms with Gasteiger partial charge in [0.1, 0.15) is 0 Å². The average molecular weight is 281 g/mol. The van der Waals surface area contributed by atoms with Crippen molar-refractivity contribution in [2.75, 3.05) is 6.54 Å². The number of rotatable bonds is 6. The Morgan fingerprint density at radius 2 is 1.90 bits per heavy atom. The van der Waals surface area contributed by atoms with Crippen molar-refractivity contribution in [3.63, 3.8) is 0 Å². The van der Waals surface area contributed by atoms with Crippen LogP contribution in [0, 0.1) is 11.8 Å². The van der Waals surface area contributed by atoms with Gasteiger partial charge in [0.15, 0.2) is 0 Å². The third kappa shape index (κ3) is 4.35. The molecule has 0 bridgehead atoms. The van der Waals surface area contributed by atoms with Crippen molar-refractivity contribution in [1.82, 2.24) is 5.32 Å². The van der Waals surface area contributed by atoms with Gasteiger partial charge in [0.05, 0.1) is 0 Å². The van der Waals surface area contributed by atoms with E-state index in [1.54, 1.807) is 0 Å². The third-order valence-corrected chi connectivity index (χ3v) is 4.37. The first kappa shape index (κ1) is 15.6. The summed E-state index contributed by atoms with van der Waals surface area (Å²) in [5.74, 6) is 1.28. The van der Waals surface area contributed by atoms with E-state index in [-0.39, 0.29) is 0 Å². The number of hydrogen-bond acceptors (Lipinski definition) is 1. The summed E-state index contributed by atoms with van der Waals surface area (Å²) in [5, 5.41) is 3.31. The van der Waals surface area contributed by atoms with Crippen LogP contribution in [0.15, 0.2) is 72.0 Å². The number of hydrogen-bond donors (Lipinski definition) is 1. The van der Waals surface area contributed by atoms with Crippen molar-refractivity contribution in [3.8, 4) is 0 Å². The summed E-state index contributed by atoms with van der Waals surface area (Å²) in [5.41, 5.74) is 6.31. The van der Waals surface area contributed by atoms with E-state index >= 15 is 0 Å². The van der Waals surface area contributed by atoms with E-state index in [4.69, 9.17) is 0 Å². The second-order valence-corrected chi connectivity index (χ2v) is 6.31. The fourth-order valence-electron chi connectivity index (χ4n) is 2.77. The normalized spacial score (nSPS) is 24.0. The molecule has 0 aromatic carbocycles. The highest BCUT2D eigenvalue weighted by Gasteiger charge is 2.23. The predicted octanol–water partition coefficient (Wildman–Crippen LogP) is 5.08. The molecule has 1 atom stereocenters. The molecule has 1 aliphatic carbocycles. The molecule has 1 N–H and O–H groups in total. The van der Waals surface area contributed by atoms with E-state index < -0.39 is 0 Å². The van der Waals surface area contributed by atoms with E-state index in [2.05, 4.69) is 57.1 Å². The van der Waals surface area contributed by atoms with Crippen LogP contribution in [-0.2, 0) is 0 Å². The molecule has 2 aliphatic rings. The van der Waals surface area contributed by atoms with Gasteiger partial charge in [-0.2, -0.15) is 0 Å². The molecule has 0 radical (unpaired) electrons. The minimum absolute atomic E-state index is 0.478. The van der Waals surface area contributed by atoms with Gasteiger partial charge in [-0.05, 0) is 55.7 Å². The molecule has 1 heteroatoms. The second kappa shape index (κ2) is 6.80. The maximum atomic E-state index is 4.25. The van der Waals surface area contributed by atoms with Gasteiger partial charge in [-0.25, -0.2) is 0 Å². The highest BCUT2D eigenvalue weighted by Crippen LogP contribution is 2.37. The van der Waals surface area contributed by atoms with Gasteiger partial charge in [0.25, 0.3) is 0 Å². The molecule has 1 unspecified atom stereocenters. The summed E-state index contributed by atoms with van der Waals surface area (Å²) in [6, 6.07) is 0. The fraction of sp³-hybridized carbons (Fsp3) is 0.400. The Bertz CT molecular complexity index is 538. The zero-order valence-corrected chi connectivity index (χ0v) is 13.4. The Kier molecular flexibility index (Phi) is 5.06. The highest BCUT2D eigenvalue weighted by molar-refractivity contribution is 5.46. The lowest BCUT2D eigenvalue weighted by molar-refractivity contribution is 0.701. The Hall–Kier alpha value is -1.76. The molecule has 112 valence electrons. The van der Waals surface area contributed by atoms with E-state index in [0.717, 1.165) is 24.6 Å². The highest BCUT2D eigenvalue weighted by atomic mass is 14.9. The molecule has 2 rings (SSSR count). The molecular formula is C20H27N. The van der Waals surface area contributed by atoms with Crippen molar-refractivity contribution in [3.05, 3.63) is 72.0 Å². The van der Waals surface area contributed by atoms with Crippen molar-refractivity contribution in [1.29, 1.82) is 0 Å². The van der Waals surface area contributed by atoms with E-state index in [1.807, 2.05) is 6.08 Å². The molecule has 1 saturated carbocycles. The monoisotopic (exact) mass is 281 g/mol. The summed E-state index contributed by atoms with van der Waals surface area (Å²) < 4.78 is 0. The molecule has 21 heavy (non-hydrogen) atoms. The SMILES string of the molecule is C=C/C=C(\C=C(/C)C1CC1)C(/C)=C/C(=C)C1CNC(=C)C1. The Labute approximate surface area is 129 Å². The summed E-state index contributed by atoms with van der Waals surface area (Å²) >= 11 is 0. The molecule has 1 aliphatic heterocycles. The minimum atomic E-state index is 0.478. The molecule has 1 heterocycles. The summed E-state index contributed by atoms with van der Waals surface area (Å²) in [4.78, 5) is 0. The van der Waals surface area contributed by atoms with E-state index in [1.165, 1.54) is 35.1 Å². The van der Waals surface area contributed by atoms with Crippen LogP contribution in [0.3, 0.4) is 0 Å². The van der Waals surface area contributed by atoms with Gasteiger partial charge in [0.2, 0.25) is 0 Å². The van der Waals surface area contributed by atoms with Crippen LogP contribution >= 0.6 is 0 Å². The molecule has 0 aromatic rings. The maximum Gasteiger partial charge on any atom is 0.0216 e. The Morgan fingerprint density at radius 1 is 1.19 bits per heavy atom. The zero-order valence-electron chi connectivity index (χ0n) is 13.4. The third-order valence-electron chi connectivity index (χ3n) is 4.37.